The number of hydrogen-bond donors (Lipinski definition) is 1. The molecule has 2 rings (SSSR count). The Kier molecular flexibility index (Phi) is 3.24. The predicted molar refractivity (Wildman–Crippen MR) is 60.9 cm³/mol. The first-order valence-electron chi connectivity index (χ1n) is 5.80. The third-order valence-electron chi connectivity index (χ3n) is 3.60. The van der Waals surface area contributed by atoms with E-state index in [9.17, 15) is 13.6 Å². The molecule has 1 heterocycles. The molecule has 0 aromatic heterocycles. The maximum atomic E-state index is 13.6. The smallest absolute Gasteiger partial charge is 0.173 e. The average molecular weight is 239 g/mol. The van der Waals surface area contributed by atoms with Crippen LogP contribution in [0.4, 0.5) is 8.78 Å². The van der Waals surface area contributed by atoms with Crippen molar-refractivity contribution in [2.45, 2.75) is 19.8 Å². The topological polar surface area (TPSA) is 29.1 Å². The molecule has 4 heteroatoms. The Balaban J connectivity index is 2.39. The van der Waals surface area contributed by atoms with Gasteiger partial charge in [0.2, 0.25) is 0 Å². The van der Waals surface area contributed by atoms with Crippen molar-refractivity contribution in [2.24, 2.45) is 5.41 Å². The van der Waals surface area contributed by atoms with Gasteiger partial charge >= 0.3 is 0 Å². The summed E-state index contributed by atoms with van der Waals surface area (Å²) in [4.78, 5) is 12.3. The minimum absolute atomic E-state index is 0.129. The first-order valence-corrected chi connectivity index (χ1v) is 5.80. The molecule has 92 valence electrons. The van der Waals surface area contributed by atoms with Crippen LogP contribution >= 0.6 is 0 Å². The van der Waals surface area contributed by atoms with Crippen molar-refractivity contribution in [1.82, 2.24) is 5.32 Å². The molecule has 17 heavy (non-hydrogen) atoms. The van der Waals surface area contributed by atoms with Gasteiger partial charge in [0, 0.05) is 12.0 Å². The minimum Gasteiger partial charge on any atom is -0.316 e. The van der Waals surface area contributed by atoms with Gasteiger partial charge in [0.1, 0.15) is 0 Å². The summed E-state index contributed by atoms with van der Waals surface area (Å²) in [5.74, 6) is -2.28. The molecule has 2 nitrogen and oxygen atoms in total. The van der Waals surface area contributed by atoms with Crippen LogP contribution < -0.4 is 5.32 Å². The first kappa shape index (κ1) is 12.2. The fraction of sp³-hybridized carbons (Fsp3) is 0.462. The van der Waals surface area contributed by atoms with Crippen LogP contribution in [-0.4, -0.2) is 18.9 Å². The highest BCUT2D eigenvalue weighted by Crippen LogP contribution is 2.34. The number of benzene rings is 1. The third-order valence-corrected chi connectivity index (χ3v) is 3.60. The van der Waals surface area contributed by atoms with Gasteiger partial charge in [0.05, 0.1) is 5.56 Å². The van der Waals surface area contributed by atoms with Crippen LogP contribution in [0.1, 0.15) is 30.1 Å². The van der Waals surface area contributed by atoms with Crippen molar-refractivity contribution < 1.29 is 13.6 Å². The molecular formula is C13H15F2NO. The lowest BCUT2D eigenvalue weighted by atomic mass is 9.77. The summed E-state index contributed by atoms with van der Waals surface area (Å²) in [6, 6.07) is 3.76. The number of carbonyl (C=O) groups excluding carboxylic acids is 1. The lowest BCUT2D eigenvalue weighted by Gasteiger charge is -2.25. The van der Waals surface area contributed by atoms with Crippen molar-refractivity contribution >= 4 is 5.78 Å². The van der Waals surface area contributed by atoms with Gasteiger partial charge in [-0.15, -0.1) is 0 Å². The summed E-state index contributed by atoms with van der Waals surface area (Å²) in [5.41, 5.74) is -0.704. The zero-order valence-electron chi connectivity index (χ0n) is 9.72. The van der Waals surface area contributed by atoms with Gasteiger partial charge in [-0.25, -0.2) is 8.78 Å². The average Bonchev–Trinajstić information content (AvgIpc) is 2.82. The fourth-order valence-electron chi connectivity index (χ4n) is 2.36. The Morgan fingerprint density at radius 1 is 1.47 bits per heavy atom. The van der Waals surface area contributed by atoms with E-state index in [1.54, 1.807) is 0 Å². The molecule has 0 aliphatic carbocycles. The Bertz CT molecular complexity index is 439. The standard InChI is InChI=1S/C13H15F2NO/c1-2-13(6-7-16-8-13)12(17)9-4-3-5-10(14)11(9)15/h3-5,16H,2,6-8H2,1H3. The fourth-order valence-corrected chi connectivity index (χ4v) is 2.36. The molecule has 1 saturated heterocycles. The van der Waals surface area contributed by atoms with E-state index >= 15 is 0 Å². The van der Waals surface area contributed by atoms with Crippen LogP contribution in [0, 0.1) is 17.0 Å². The largest absolute Gasteiger partial charge is 0.316 e. The van der Waals surface area contributed by atoms with E-state index in [0.29, 0.717) is 19.4 Å². The predicted octanol–water partition coefficient (Wildman–Crippen LogP) is 2.54. The molecule has 1 aromatic rings. The van der Waals surface area contributed by atoms with E-state index in [-0.39, 0.29) is 11.3 Å². The van der Waals surface area contributed by atoms with Gasteiger partial charge in [-0.3, -0.25) is 4.79 Å². The number of rotatable bonds is 3. The molecule has 1 unspecified atom stereocenters. The van der Waals surface area contributed by atoms with Gasteiger partial charge < -0.3 is 5.32 Å². The summed E-state index contributed by atoms with van der Waals surface area (Å²) < 4.78 is 26.7. The molecular weight excluding hydrogens is 224 g/mol. The SMILES string of the molecule is CCC1(C(=O)c2cccc(F)c2F)CCNC1. The number of ketones is 1. The molecule has 1 aliphatic heterocycles. The van der Waals surface area contributed by atoms with Crippen molar-refractivity contribution in [3.63, 3.8) is 0 Å². The molecule has 1 atom stereocenters. The van der Waals surface area contributed by atoms with Crippen LogP contribution in [0.2, 0.25) is 0 Å². The van der Waals surface area contributed by atoms with Crippen molar-refractivity contribution in [3.8, 4) is 0 Å². The van der Waals surface area contributed by atoms with Crippen molar-refractivity contribution in [1.29, 1.82) is 0 Å². The molecule has 0 saturated carbocycles. The second-order valence-electron chi connectivity index (χ2n) is 4.49. The van der Waals surface area contributed by atoms with Gasteiger partial charge in [-0.2, -0.15) is 0 Å². The lowest BCUT2D eigenvalue weighted by molar-refractivity contribution is 0.0805. The molecule has 0 radical (unpaired) electrons. The molecule has 1 N–H and O–H groups in total. The van der Waals surface area contributed by atoms with Crippen LogP contribution in [0.5, 0.6) is 0 Å². The lowest BCUT2D eigenvalue weighted by Crippen LogP contribution is -2.33. The van der Waals surface area contributed by atoms with E-state index in [1.807, 2.05) is 6.92 Å². The molecule has 1 aromatic carbocycles. The molecule has 1 fully saturated rings. The molecule has 1 aliphatic rings. The quantitative estimate of drug-likeness (QED) is 0.821. The van der Waals surface area contributed by atoms with E-state index in [4.69, 9.17) is 0 Å². The molecule has 0 spiro atoms. The maximum absolute atomic E-state index is 13.6. The Morgan fingerprint density at radius 3 is 2.82 bits per heavy atom. The van der Waals surface area contributed by atoms with E-state index in [1.165, 1.54) is 12.1 Å². The third kappa shape index (κ3) is 1.97. The zero-order chi connectivity index (χ0) is 12.5. The van der Waals surface area contributed by atoms with Crippen LogP contribution in [0.25, 0.3) is 0 Å². The van der Waals surface area contributed by atoms with E-state index < -0.39 is 17.0 Å². The Morgan fingerprint density at radius 2 is 2.24 bits per heavy atom. The Hall–Kier alpha value is -1.29. The monoisotopic (exact) mass is 239 g/mol. The number of carbonyl (C=O) groups is 1. The minimum atomic E-state index is -1.03. The molecule has 0 bridgehead atoms. The van der Waals surface area contributed by atoms with E-state index in [0.717, 1.165) is 12.6 Å². The van der Waals surface area contributed by atoms with Gasteiger partial charge in [0.25, 0.3) is 0 Å². The molecule has 0 amide bonds. The first-order chi connectivity index (χ1) is 8.10. The Labute approximate surface area is 99.0 Å². The zero-order valence-corrected chi connectivity index (χ0v) is 9.72. The van der Waals surface area contributed by atoms with Crippen LogP contribution in [0.15, 0.2) is 18.2 Å². The highest BCUT2D eigenvalue weighted by Gasteiger charge is 2.40. The normalized spacial score (nSPS) is 23.9. The summed E-state index contributed by atoms with van der Waals surface area (Å²) in [6.45, 7) is 3.19. The number of halogens is 2. The van der Waals surface area contributed by atoms with E-state index in [2.05, 4.69) is 5.32 Å². The van der Waals surface area contributed by atoms with Crippen molar-refractivity contribution in [3.05, 3.63) is 35.4 Å². The number of nitrogens with one attached hydrogen (secondary N) is 1. The summed E-state index contributed by atoms with van der Waals surface area (Å²) in [7, 11) is 0. The highest BCUT2D eigenvalue weighted by atomic mass is 19.2. The van der Waals surface area contributed by atoms with Gasteiger partial charge in [-0.1, -0.05) is 13.0 Å². The van der Waals surface area contributed by atoms with Gasteiger partial charge in [0.15, 0.2) is 17.4 Å². The van der Waals surface area contributed by atoms with Crippen LogP contribution in [0.3, 0.4) is 0 Å². The summed E-state index contributed by atoms with van der Waals surface area (Å²) >= 11 is 0. The highest BCUT2D eigenvalue weighted by molar-refractivity contribution is 6.01. The van der Waals surface area contributed by atoms with Crippen molar-refractivity contribution in [2.75, 3.05) is 13.1 Å². The maximum Gasteiger partial charge on any atom is 0.173 e. The van der Waals surface area contributed by atoms with Crippen LogP contribution in [-0.2, 0) is 0 Å². The second kappa shape index (κ2) is 4.53. The summed E-state index contributed by atoms with van der Waals surface area (Å²) in [5, 5.41) is 3.11. The summed E-state index contributed by atoms with van der Waals surface area (Å²) in [6.07, 6.45) is 1.31. The number of hydrogen-bond acceptors (Lipinski definition) is 2. The van der Waals surface area contributed by atoms with Gasteiger partial charge in [-0.05, 0) is 31.5 Å². The second-order valence-corrected chi connectivity index (χ2v) is 4.49. The number of Topliss-reactive ketones (excluding diaryl/α,β-unsaturated/α-hetero) is 1.